The number of hydrogen-bond donors (Lipinski definition) is 2. The van der Waals surface area contributed by atoms with E-state index >= 15 is 0 Å². The first-order valence-electron chi connectivity index (χ1n) is 11.6. The van der Waals surface area contributed by atoms with Gasteiger partial charge in [-0.25, -0.2) is 9.67 Å². The summed E-state index contributed by atoms with van der Waals surface area (Å²) in [5, 5.41) is 28.9. The van der Waals surface area contributed by atoms with E-state index in [2.05, 4.69) is 52.1 Å². The fourth-order valence-corrected chi connectivity index (χ4v) is 4.07. The first-order chi connectivity index (χ1) is 18.9. The number of nitriles is 1. The molecular weight excluding hydrogens is 597 g/mol. The lowest BCUT2D eigenvalue weighted by Crippen LogP contribution is -2.31. The second kappa shape index (κ2) is 11.2. The molecule has 206 valence electrons. The van der Waals surface area contributed by atoms with E-state index in [4.69, 9.17) is 0 Å². The molecule has 0 bridgehead atoms. The Morgan fingerprint density at radius 1 is 1.18 bits per heavy atom. The maximum absolute atomic E-state index is 13.6. The first kappa shape index (κ1) is 28.4. The summed E-state index contributed by atoms with van der Waals surface area (Å²) in [6.45, 7) is 4.83. The molecule has 1 aromatic carbocycles. The fourth-order valence-electron chi connectivity index (χ4n) is 3.65. The average Bonchev–Trinajstić information content (AvgIpc) is 3.52. The summed E-state index contributed by atoms with van der Waals surface area (Å²) < 4.78 is 40.4. The molecule has 2 amide bonds. The molecule has 4 rings (SSSR count). The van der Waals surface area contributed by atoms with Crippen molar-refractivity contribution in [1.29, 1.82) is 5.26 Å². The van der Waals surface area contributed by atoms with Crippen molar-refractivity contribution in [2.45, 2.75) is 39.5 Å². The minimum atomic E-state index is -4.78. The smallest absolute Gasteiger partial charge is 0.350 e. The van der Waals surface area contributed by atoms with Crippen molar-refractivity contribution in [3.63, 3.8) is 0 Å². The molecule has 0 saturated carbocycles. The Bertz CT molecular complexity index is 1640. The third kappa shape index (κ3) is 6.15. The molecule has 0 aliphatic rings. The van der Waals surface area contributed by atoms with Gasteiger partial charge in [0.2, 0.25) is 0 Å². The molecule has 0 unspecified atom stereocenters. The Kier molecular flexibility index (Phi) is 7.96. The standard InChI is InChI=1S/C24H20BrF3N10O2/c1-12(2)31-21(39)16-8-14(10-29)7-13(3)19(16)32-22(40)18-9-15(11-37-35-23(33-36-37)24(26,27)28)34-38(18)20-17(25)5-4-6-30-20/h4-9,12H,11H2,1-3H3,(H,31,39)(H,32,40). The third-order valence-corrected chi connectivity index (χ3v) is 5.93. The SMILES string of the molecule is Cc1cc(C#N)cc(C(=O)NC(C)C)c1NC(=O)c1cc(Cn2nnc(C(F)(F)F)n2)nn1-c1ncccc1Br. The second-order valence-electron chi connectivity index (χ2n) is 8.79. The van der Waals surface area contributed by atoms with Gasteiger partial charge < -0.3 is 10.6 Å². The van der Waals surface area contributed by atoms with Gasteiger partial charge in [0.25, 0.3) is 17.6 Å². The van der Waals surface area contributed by atoms with Crippen LogP contribution in [0.4, 0.5) is 18.9 Å². The number of carbonyl (C=O) groups excluding carboxylic acids is 2. The van der Waals surface area contributed by atoms with Gasteiger partial charge in [0.1, 0.15) is 12.2 Å². The predicted molar refractivity (Wildman–Crippen MR) is 137 cm³/mol. The Balaban J connectivity index is 1.75. The number of aromatic nitrogens is 7. The van der Waals surface area contributed by atoms with Gasteiger partial charge in [-0.3, -0.25) is 9.59 Å². The molecule has 40 heavy (non-hydrogen) atoms. The molecular formula is C24H20BrF3N10O2. The maximum atomic E-state index is 13.6. The lowest BCUT2D eigenvalue weighted by molar-refractivity contribution is -0.145. The Hall–Kier alpha value is -4.65. The van der Waals surface area contributed by atoms with E-state index in [1.165, 1.54) is 29.1 Å². The maximum Gasteiger partial charge on any atom is 0.455 e. The molecule has 3 heterocycles. The summed E-state index contributed by atoms with van der Waals surface area (Å²) in [4.78, 5) is 31.5. The van der Waals surface area contributed by atoms with E-state index in [9.17, 15) is 28.0 Å². The number of amides is 2. The number of rotatable bonds is 7. The van der Waals surface area contributed by atoms with E-state index in [1.54, 1.807) is 32.9 Å². The van der Waals surface area contributed by atoms with Gasteiger partial charge in [-0.05, 0) is 77.8 Å². The number of tetrazole rings is 1. The highest BCUT2D eigenvalue weighted by Gasteiger charge is 2.37. The van der Waals surface area contributed by atoms with Crippen LogP contribution in [-0.2, 0) is 12.7 Å². The van der Waals surface area contributed by atoms with Crippen LogP contribution in [0.15, 0.2) is 41.0 Å². The van der Waals surface area contributed by atoms with Crippen LogP contribution in [0.3, 0.4) is 0 Å². The topological polar surface area (TPSA) is 156 Å². The van der Waals surface area contributed by atoms with Crippen molar-refractivity contribution in [3.8, 4) is 11.9 Å². The second-order valence-corrected chi connectivity index (χ2v) is 9.65. The number of nitrogens with zero attached hydrogens (tertiary/aromatic N) is 8. The van der Waals surface area contributed by atoms with Crippen LogP contribution in [0.1, 0.15) is 57.3 Å². The van der Waals surface area contributed by atoms with Crippen molar-refractivity contribution in [1.82, 2.24) is 40.3 Å². The van der Waals surface area contributed by atoms with Crippen molar-refractivity contribution >= 4 is 33.4 Å². The highest BCUT2D eigenvalue weighted by Crippen LogP contribution is 2.27. The molecule has 0 aliphatic carbocycles. The lowest BCUT2D eigenvalue weighted by atomic mass is 10.0. The van der Waals surface area contributed by atoms with Gasteiger partial charge in [0.15, 0.2) is 5.82 Å². The van der Waals surface area contributed by atoms with Crippen LogP contribution in [0, 0.1) is 18.3 Å². The number of alkyl halides is 3. The number of benzene rings is 1. The summed E-state index contributed by atoms with van der Waals surface area (Å²) in [6.07, 6.45) is -3.31. The number of nitrogens with one attached hydrogen (secondary N) is 2. The van der Waals surface area contributed by atoms with E-state index in [1.807, 2.05) is 6.07 Å². The Morgan fingerprint density at radius 2 is 1.93 bits per heavy atom. The number of hydrogen-bond acceptors (Lipinski definition) is 8. The number of halogens is 4. The summed E-state index contributed by atoms with van der Waals surface area (Å²) in [5.41, 5.74) is 1.01. The average molecular weight is 617 g/mol. The van der Waals surface area contributed by atoms with Crippen LogP contribution in [0.5, 0.6) is 0 Å². The predicted octanol–water partition coefficient (Wildman–Crippen LogP) is 3.65. The number of anilines is 1. The van der Waals surface area contributed by atoms with E-state index in [0.717, 1.165) is 0 Å². The highest BCUT2D eigenvalue weighted by atomic mass is 79.9. The Morgan fingerprint density at radius 3 is 2.55 bits per heavy atom. The van der Waals surface area contributed by atoms with Crippen LogP contribution in [-0.4, -0.2) is 52.8 Å². The zero-order valence-corrected chi connectivity index (χ0v) is 22.7. The molecule has 0 radical (unpaired) electrons. The monoisotopic (exact) mass is 616 g/mol. The summed E-state index contributed by atoms with van der Waals surface area (Å²) in [6, 6.07) is 9.32. The molecule has 16 heteroatoms. The van der Waals surface area contributed by atoms with Gasteiger partial charge in [-0.1, -0.05) is 0 Å². The van der Waals surface area contributed by atoms with E-state index in [0.29, 0.717) is 14.8 Å². The molecule has 12 nitrogen and oxygen atoms in total. The molecule has 0 fully saturated rings. The normalized spacial score (nSPS) is 11.4. The van der Waals surface area contributed by atoms with Crippen molar-refractivity contribution in [2.24, 2.45) is 0 Å². The number of pyridine rings is 1. The van der Waals surface area contributed by atoms with Crippen molar-refractivity contribution in [2.75, 3.05) is 5.32 Å². The van der Waals surface area contributed by atoms with Gasteiger partial charge in [-0.15, -0.1) is 10.2 Å². The minimum Gasteiger partial charge on any atom is -0.350 e. The van der Waals surface area contributed by atoms with Gasteiger partial charge in [-0.2, -0.15) is 28.3 Å². The van der Waals surface area contributed by atoms with Gasteiger partial charge in [0, 0.05) is 12.2 Å². The fraction of sp³-hybridized carbons (Fsp3) is 0.250. The van der Waals surface area contributed by atoms with Gasteiger partial charge >= 0.3 is 6.18 Å². The zero-order valence-electron chi connectivity index (χ0n) is 21.2. The first-order valence-corrected chi connectivity index (χ1v) is 12.4. The molecule has 3 aromatic heterocycles. The quantitative estimate of drug-likeness (QED) is 0.318. The van der Waals surface area contributed by atoms with Crippen molar-refractivity contribution in [3.05, 3.63) is 74.9 Å². The zero-order chi connectivity index (χ0) is 29.2. The third-order valence-electron chi connectivity index (χ3n) is 5.31. The number of carbonyl (C=O) groups is 2. The van der Waals surface area contributed by atoms with Crippen molar-refractivity contribution < 1.29 is 22.8 Å². The van der Waals surface area contributed by atoms with E-state index in [-0.39, 0.29) is 46.6 Å². The molecule has 0 atom stereocenters. The summed E-state index contributed by atoms with van der Waals surface area (Å²) in [5.74, 6) is -2.40. The van der Waals surface area contributed by atoms with E-state index < -0.39 is 23.8 Å². The largest absolute Gasteiger partial charge is 0.455 e. The van der Waals surface area contributed by atoms with Crippen LogP contribution in [0.25, 0.3) is 5.82 Å². The molecule has 0 spiro atoms. The van der Waals surface area contributed by atoms with Gasteiger partial charge in [0.05, 0.1) is 33.1 Å². The highest BCUT2D eigenvalue weighted by molar-refractivity contribution is 9.10. The van der Waals surface area contributed by atoms with Crippen LogP contribution in [0.2, 0.25) is 0 Å². The number of aryl methyl sites for hydroxylation is 1. The van der Waals surface area contributed by atoms with Crippen LogP contribution >= 0.6 is 15.9 Å². The summed E-state index contributed by atoms with van der Waals surface area (Å²) >= 11 is 3.36. The Labute approximate surface area is 233 Å². The molecule has 0 saturated heterocycles. The summed E-state index contributed by atoms with van der Waals surface area (Å²) in [7, 11) is 0. The van der Waals surface area contributed by atoms with Crippen LogP contribution < -0.4 is 10.6 Å². The molecule has 2 N–H and O–H groups in total. The minimum absolute atomic E-state index is 0.0514. The molecule has 0 aliphatic heterocycles. The lowest BCUT2D eigenvalue weighted by Gasteiger charge is -2.16. The molecule has 4 aromatic rings.